The van der Waals surface area contributed by atoms with Gasteiger partial charge < -0.3 is 15.5 Å². The molecule has 110 valence electrons. The lowest BCUT2D eigenvalue weighted by molar-refractivity contribution is -0.122. The highest BCUT2D eigenvalue weighted by molar-refractivity contribution is 5.86. The van der Waals surface area contributed by atoms with Crippen LogP contribution in [0.15, 0.2) is 24.5 Å². The average Bonchev–Trinajstić information content (AvgIpc) is 2.47. The first-order chi connectivity index (χ1) is 9.58. The molecule has 0 unspecified atom stereocenters. The van der Waals surface area contributed by atoms with E-state index in [0.29, 0.717) is 19.6 Å². The van der Waals surface area contributed by atoms with Crippen LogP contribution < -0.4 is 10.6 Å². The molecule has 1 heterocycles. The van der Waals surface area contributed by atoms with Crippen LogP contribution in [0.4, 0.5) is 4.79 Å². The van der Waals surface area contributed by atoms with Gasteiger partial charge in [-0.3, -0.25) is 9.78 Å². The third-order valence-electron chi connectivity index (χ3n) is 2.97. The first kappa shape index (κ1) is 15.9. The maximum absolute atomic E-state index is 11.9. The summed E-state index contributed by atoms with van der Waals surface area (Å²) in [5.74, 6) is -0.214. The molecule has 0 spiro atoms. The third kappa shape index (κ3) is 4.87. The van der Waals surface area contributed by atoms with E-state index in [1.807, 2.05) is 26.0 Å². The molecule has 6 nitrogen and oxygen atoms in total. The predicted molar refractivity (Wildman–Crippen MR) is 77.0 cm³/mol. The summed E-state index contributed by atoms with van der Waals surface area (Å²) in [7, 11) is 0. The quantitative estimate of drug-likeness (QED) is 0.819. The van der Waals surface area contributed by atoms with Gasteiger partial charge in [-0.2, -0.15) is 0 Å². The summed E-state index contributed by atoms with van der Waals surface area (Å²) in [6.07, 6.45) is 3.37. The summed E-state index contributed by atoms with van der Waals surface area (Å²) < 4.78 is 0. The van der Waals surface area contributed by atoms with Gasteiger partial charge in [0.05, 0.1) is 0 Å². The number of aromatic nitrogens is 1. The number of carbonyl (C=O) groups is 2. The van der Waals surface area contributed by atoms with E-state index in [1.54, 1.807) is 24.2 Å². The standard InChI is InChI=1S/C14H22N4O2/c1-4-18(5-2)14(20)17-11(3)13(19)16-10-12-7-6-8-15-9-12/h6-9,11H,4-5,10H2,1-3H3,(H,16,19)(H,17,20)/t11-/m1/s1. The number of carbonyl (C=O) groups excluding carboxylic acids is 2. The molecule has 20 heavy (non-hydrogen) atoms. The zero-order valence-corrected chi connectivity index (χ0v) is 12.2. The van der Waals surface area contributed by atoms with Gasteiger partial charge in [0.15, 0.2) is 0 Å². The second-order valence-electron chi connectivity index (χ2n) is 4.42. The van der Waals surface area contributed by atoms with Crippen LogP contribution in [0.5, 0.6) is 0 Å². The highest BCUT2D eigenvalue weighted by Gasteiger charge is 2.17. The first-order valence-electron chi connectivity index (χ1n) is 6.80. The van der Waals surface area contributed by atoms with Crippen molar-refractivity contribution in [1.29, 1.82) is 0 Å². The number of hydrogen-bond donors (Lipinski definition) is 2. The number of rotatable bonds is 6. The molecule has 0 aromatic carbocycles. The number of pyridine rings is 1. The molecule has 3 amide bonds. The Morgan fingerprint density at radius 1 is 1.35 bits per heavy atom. The van der Waals surface area contributed by atoms with Crippen molar-refractivity contribution in [1.82, 2.24) is 20.5 Å². The van der Waals surface area contributed by atoms with E-state index in [9.17, 15) is 9.59 Å². The summed E-state index contributed by atoms with van der Waals surface area (Å²) in [5, 5.41) is 5.44. The van der Waals surface area contributed by atoms with E-state index >= 15 is 0 Å². The Hall–Kier alpha value is -2.11. The lowest BCUT2D eigenvalue weighted by Crippen LogP contribution is -2.49. The van der Waals surface area contributed by atoms with Crippen LogP contribution in [0.1, 0.15) is 26.3 Å². The summed E-state index contributed by atoms with van der Waals surface area (Å²) in [6, 6.07) is 2.90. The normalized spacial score (nSPS) is 11.6. The van der Waals surface area contributed by atoms with Crippen LogP contribution in [0, 0.1) is 0 Å². The van der Waals surface area contributed by atoms with Crippen molar-refractivity contribution in [2.45, 2.75) is 33.4 Å². The fourth-order valence-corrected chi connectivity index (χ4v) is 1.70. The van der Waals surface area contributed by atoms with Crippen molar-refractivity contribution in [3.63, 3.8) is 0 Å². The molecule has 1 aromatic rings. The lowest BCUT2D eigenvalue weighted by Gasteiger charge is -2.22. The minimum atomic E-state index is -0.570. The topological polar surface area (TPSA) is 74.3 Å². The molecule has 2 N–H and O–H groups in total. The summed E-state index contributed by atoms with van der Waals surface area (Å²) in [4.78, 5) is 29.3. The van der Waals surface area contributed by atoms with Crippen molar-refractivity contribution < 1.29 is 9.59 Å². The van der Waals surface area contributed by atoms with Crippen LogP contribution in [0.3, 0.4) is 0 Å². The van der Waals surface area contributed by atoms with Gasteiger partial charge in [0.2, 0.25) is 5.91 Å². The maximum Gasteiger partial charge on any atom is 0.318 e. The number of hydrogen-bond acceptors (Lipinski definition) is 3. The monoisotopic (exact) mass is 278 g/mol. The van der Waals surface area contributed by atoms with Gasteiger partial charge in [-0.05, 0) is 32.4 Å². The third-order valence-corrected chi connectivity index (χ3v) is 2.97. The average molecular weight is 278 g/mol. The van der Waals surface area contributed by atoms with Gasteiger partial charge in [0, 0.05) is 32.0 Å². The second kappa shape index (κ2) is 8.14. The molecule has 1 atom stereocenters. The van der Waals surface area contributed by atoms with Crippen LogP contribution >= 0.6 is 0 Å². The van der Waals surface area contributed by atoms with Crippen molar-refractivity contribution in [2.24, 2.45) is 0 Å². The van der Waals surface area contributed by atoms with E-state index in [2.05, 4.69) is 15.6 Å². The van der Waals surface area contributed by atoms with Crippen molar-refractivity contribution in [3.05, 3.63) is 30.1 Å². The summed E-state index contributed by atoms with van der Waals surface area (Å²) in [6.45, 7) is 7.10. The Balaban J connectivity index is 2.41. The lowest BCUT2D eigenvalue weighted by atomic mass is 10.2. The smallest absolute Gasteiger partial charge is 0.318 e. The minimum Gasteiger partial charge on any atom is -0.350 e. The van der Waals surface area contributed by atoms with Gasteiger partial charge >= 0.3 is 6.03 Å². The number of amides is 3. The number of nitrogens with zero attached hydrogens (tertiary/aromatic N) is 2. The van der Waals surface area contributed by atoms with Crippen LogP contribution in [0.25, 0.3) is 0 Å². The molecule has 1 rings (SSSR count). The Morgan fingerprint density at radius 2 is 2.05 bits per heavy atom. The molecule has 0 radical (unpaired) electrons. The Bertz CT molecular complexity index is 432. The largest absolute Gasteiger partial charge is 0.350 e. The van der Waals surface area contributed by atoms with E-state index < -0.39 is 6.04 Å². The van der Waals surface area contributed by atoms with Crippen molar-refractivity contribution in [2.75, 3.05) is 13.1 Å². The Morgan fingerprint density at radius 3 is 2.60 bits per heavy atom. The van der Waals surface area contributed by atoms with E-state index in [-0.39, 0.29) is 11.9 Å². The van der Waals surface area contributed by atoms with E-state index in [0.717, 1.165) is 5.56 Å². The molecule has 0 aliphatic heterocycles. The van der Waals surface area contributed by atoms with Crippen LogP contribution in [-0.4, -0.2) is 41.0 Å². The highest BCUT2D eigenvalue weighted by atomic mass is 16.2. The van der Waals surface area contributed by atoms with Gasteiger partial charge in [0.1, 0.15) is 6.04 Å². The molecule has 0 aliphatic rings. The van der Waals surface area contributed by atoms with Gasteiger partial charge in [-0.1, -0.05) is 6.07 Å². The molecule has 0 fully saturated rings. The zero-order valence-electron chi connectivity index (χ0n) is 12.2. The predicted octanol–water partition coefficient (Wildman–Crippen LogP) is 1.14. The van der Waals surface area contributed by atoms with Gasteiger partial charge in [-0.25, -0.2) is 4.79 Å². The Kier molecular flexibility index (Phi) is 6.49. The molecule has 0 bridgehead atoms. The molecule has 0 saturated carbocycles. The first-order valence-corrected chi connectivity index (χ1v) is 6.80. The van der Waals surface area contributed by atoms with Crippen LogP contribution in [0.2, 0.25) is 0 Å². The number of nitrogens with one attached hydrogen (secondary N) is 2. The van der Waals surface area contributed by atoms with Crippen LogP contribution in [-0.2, 0) is 11.3 Å². The molecule has 1 aromatic heterocycles. The fourth-order valence-electron chi connectivity index (χ4n) is 1.70. The Labute approximate surface area is 119 Å². The van der Waals surface area contributed by atoms with E-state index in [4.69, 9.17) is 0 Å². The fraction of sp³-hybridized carbons (Fsp3) is 0.500. The van der Waals surface area contributed by atoms with Crippen molar-refractivity contribution >= 4 is 11.9 Å². The second-order valence-corrected chi connectivity index (χ2v) is 4.42. The SMILES string of the molecule is CCN(CC)C(=O)N[C@H](C)C(=O)NCc1cccnc1. The molecule has 0 aliphatic carbocycles. The molecule has 6 heteroatoms. The summed E-state index contributed by atoms with van der Waals surface area (Å²) >= 11 is 0. The number of urea groups is 1. The summed E-state index contributed by atoms with van der Waals surface area (Å²) in [5.41, 5.74) is 0.920. The maximum atomic E-state index is 11.9. The molecular formula is C14H22N4O2. The van der Waals surface area contributed by atoms with Gasteiger partial charge in [-0.15, -0.1) is 0 Å². The minimum absolute atomic E-state index is 0.214. The van der Waals surface area contributed by atoms with Gasteiger partial charge in [0.25, 0.3) is 0 Å². The molecular weight excluding hydrogens is 256 g/mol. The zero-order chi connectivity index (χ0) is 15.0. The highest BCUT2D eigenvalue weighted by Crippen LogP contribution is 1.96. The molecule has 0 saturated heterocycles. The van der Waals surface area contributed by atoms with Crippen molar-refractivity contribution in [3.8, 4) is 0 Å². The van der Waals surface area contributed by atoms with E-state index in [1.165, 1.54) is 0 Å².